The van der Waals surface area contributed by atoms with E-state index in [2.05, 4.69) is 5.32 Å². The monoisotopic (exact) mass is 275 g/mol. The summed E-state index contributed by atoms with van der Waals surface area (Å²) in [5.41, 5.74) is 0.536. The first-order chi connectivity index (χ1) is 8.02. The third-order valence-corrected chi connectivity index (χ3v) is 3.94. The largest absolute Gasteiger partial charge is 0.332 e. The molecule has 1 atom stereocenters. The lowest BCUT2D eigenvalue weighted by molar-refractivity contribution is 0.0646. The third kappa shape index (κ3) is 2.30. The Kier molecular flexibility index (Phi) is 3.66. The van der Waals surface area contributed by atoms with Crippen molar-refractivity contribution in [3.05, 3.63) is 21.9 Å². The van der Waals surface area contributed by atoms with Gasteiger partial charge in [-0.05, 0) is 13.0 Å². The molecule has 0 radical (unpaired) electrons. The van der Waals surface area contributed by atoms with Gasteiger partial charge in [-0.15, -0.1) is 0 Å². The summed E-state index contributed by atoms with van der Waals surface area (Å²) in [6, 6.07) is 1.81. The fraction of sp³-hybridized carbons (Fsp3) is 0.545. The summed E-state index contributed by atoms with van der Waals surface area (Å²) >= 11 is 11.9. The van der Waals surface area contributed by atoms with Crippen molar-refractivity contribution < 1.29 is 4.79 Å². The van der Waals surface area contributed by atoms with Crippen LogP contribution in [0.15, 0.2) is 6.07 Å². The topological polar surface area (TPSA) is 37.3 Å². The molecule has 0 aliphatic carbocycles. The maximum atomic E-state index is 12.4. The Labute approximate surface area is 110 Å². The molecule has 17 heavy (non-hydrogen) atoms. The lowest BCUT2D eigenvalue weighted by atomic mass is 10.2. The molecule has 1 aliphatic heterocycles. The minimum atomic E-state index is -0.0182. The number of nitrogens with zero attached hydrogens (tertiary/aromatic N) is 2. The predicted molar refractivity (Wildman–Crippen MR) is 68.8 cm³/mol. The van der Waals surface area contributed by atoms with E-state index in [1.54, 1.807) is 17.7 Å². The Morgan fingerprint density at radius 1 is 1.53 bits per heavy atom. The van der Waals surface area contributed by atoms with Crippen molar-refractivity contribution in [3.8, 4) is 0 Å². The van der Waals surface area contributed by atoms with E-state index in [1.807, 2.05) is 11.8 Å². The highest BCUT2D eigenvalue weighted by molar-refractivity contribution is 6.41. The van der Waals surface area contributed by atoms with Gasteiger partial charge in [-0.25, -0.2) is 0 Å². The van der Waals surface area contributed by atoms with E-state index in [-0.39, 0.29) is 11.9 Å². The zero-order chi connectivity index (χ0) is 12.6. The summed E-state index contributed by atoms with van der Waals surface area (Å²) in [5.74, 6) is -0.0182. The smallest absolute Gasteiger partial charge is 0.270 e. The second-order valence-electron chi connectivity index (χ2n) is 4.28. The molecule has 4 nitrogen and oxygen atoms in total. The van der Waals surface area contributed by atoms with E-state index in [4.69, 9.17) is 23.2 Å². The van der Waals surface area contributed by atoms with Crippen LogP contribution >= 0.6 is 23.2 Å². The molecule has 2 rings (SSSR count). The fourth-order valence-electron chi connectivity index (χ4n) is 2.04. The second-order valence-corrected chi connectivity index (χ2v) is 5.04. The minimum absolute atomic E-state index is 0.0182. The second kappa shape index (κ2) is 4.88. The van der Waals surface area contributed by atoms with Gasteiger partial charge in [0.15, 0.2) is 0 Å². The van der Waals surface area contributed by atoms with Crippen LogP contribution in [0.3, 0.4) is 0 Å². The van der Waals surface area contributed by atoms with Crippen LogP contribution in [0.2, 0.25) is 10.2 Å². The van der Waals surface area contributed by atoms with Crippen molar-refractivity contribution in [1.29, 1.82) is 0 Å². The molecule has 0 spiro atoms. The Hall–Kier alpha value is -0.710. The SMILES string of the molecule is C[C@@H]1CNCCN1C(=O)c1cc(Cl)c(Cl)n1C. The zero-order valence-electron chi connectivity index (χ0n) is 9.83. The van der Waals surface area contributed by atoms with Crippen LogP contribution in [0.4, 0.5) is 0 Å². The van der Waals surface area contributed by atoms with Crippen molar-refractivity contribution >= 4 is 29.1 Å². The van der Waals surface area contributed by atoms with Gasteiger partial charge in [0.1, 0.15) is 10.8 Å². The van der Waals surface area contributed by atoms with Gasteiger partial charge in [0, 0.05) is 32.7 Å². The van der Waals surface area contributed by atoms with Crippen molar-refractivity contribution in [3.63, 3.8) is 0 Å². The molecule has 0 aromatic carbocycles. The number of hydrogen-bond donors (Lipinski definition) is 1. The van der Waals surface area contributed by atoms with E-state index in [0.29, 0.717) is 22.4 Å². The first-order valence-corrected chi connectivity index (χ1v) is 6.30. The highest BCUT2D eigenvalue weighted by Gasteiger charge is 2.26. The molecule has 0 bridgehead atoms. The Bertz CT molecular complexity index is 444. The normalized spacial score (nSPS) is 20.7. The van der Waals surface area contributed by atoms with Gasteiger partial charge in [-0.2, -0.15) is 0 Å². The first-order valence-electron chi connectivity index (χ1n) is 5.54. The predicted octanol–water partition coefficient (Wildman–Crippen LogP) is 1.77. The van der Waals surface area contributed by atoms with Crippen LogP contribution in [-0.2, 0) is 7.05 Å². The molecule has 1 saturated heterocycles. The van der Waals surface area contributed by atoms with E-state index in [0.717, 1.165) is 13.1 Å². The highest BCUT2D eigenvalue weighted by atomic mass is 35.5. The number of amides is 1. The number of rotatable bonds is 1. The van der Waals surface area contributed by atoms with Crippen molar-refractivity contribution in [2.75, 3.05) is 19.6 Å². The Morgan fingerprint density at radius 2 is 2.24 bits per heavy atom. The van der Waals surface area contributed by atoms with Crippen molar-refractivity contribution in [2.24, 2.45) is 7.05 Å². The van der Waals surface area contributed by atoms with E-state index in [1.165, 1.54) is 0 Å². The minimum Gasteiger partial charge on any atom is -0.332 e. The van der Waals surface area contributed by atoms with Gasteiger partial charge in [0.2, 0.25) is 0 Å². The molecule has 6 heteroatoms. The molecule has 1 aromatic heterocycles. The van der Waals surface area contributed by atoms with E-state index in [9.17, 15) is 4.79 Å². The fourth-order valence-corrected chi connectivity index (χ4v) is 2.41. The quantitative estimate of drug-likeness (QED) is 0.848. The van der Waals surface area contributed by atoms with Crippen LogP contribution in [0, 0.1) is 0 Å². The van der Waals surface area contributed by atoms with Crippen LogP contribution in [0.5, 0.6) is 0 Å². The summed E-state index contributed by atoms with van der Waals surface area (Å²) in [4.78, 5) is 14.2. The molecular weight excluding hydrogens is 261 g/mol. The molecular formula is C11H15Cl2N3O. The number of aromatic nitrogens is 1. The average Bonchev–Trinajstić information content (AvgIpc) is 2.57. The number of hydrogen-bond acceptors (Lipinski definition) is 2. The Morgan fingerprint density at radius 3 is 2.76 bits per heavy atom. The molecule has 0 saturated carbocycles. The maximum Gasteiger partial charge on any atom is 0.270 e. The molecule has 94 valence electrons. The van der Waals surface area contributed by atoms with Crippen molar-refractivity contribution in [1.82, 2.24) is 14.8 Å². The summed E-state index contributed by atoms with van der Waals surface area (Å²) in [7, 11) is 1.74. The van der Waals surface area contributed by atoms with Crippen LogP contribution in [-0.4, -0.2) is 41.1 Å². The van der Waals surface area contributed by atoms with E-state index < -0.39 is 0 Å². The van der Waals surface area contributed by atoms with Gasteiger partial charge in [0.05, 0.1) is 5.02 Å². The van der Waals surface area contributed by atoms with Gasteiger partial charge in [-0.1, -0.05) is 23.2 Å². The molecule has 1 N–H and O–H groups in total. The van der Waals surface area contributed by atoms with Crippen LogP contribution in [0.1, 0.15) is 17.4 Å². The molecule has 1 aliphatic rings. The highest BCUT2D eigenvalue weighted by Crippen LogP contribution is 2.26. The lowest BCUT2D eigenvalue weighted by Gasteiger charge is -2.34. The van der Waals surface area contributed by atoms with Crippen LogP contribution in [0.25, 0.3) is 0 Å². The standard InChI is InChI=1S/C11H15Cl2N3O/c1-7-6-14-3-4-16(7)11(17)9-5-8(12)10(13)15(9)2/h5,7,14H,3-4,6H2,1-2H3/t7-/m1/s1. The molecule has 2 heterocycles. The van der Waals surface area contributed by atoms with Crippen molar-refractivity contribution in [2.45, 2.75) is 13.0 Å². The van der Waals surface area contributed by atoms with Gasteiger partial charge < -0.3 is 14.8 Å². The maximum absolute atomic E-state index is 12.4. The lowest BCUT2D eigenvalue weighted by Crippen LogP contribution is -2.52. The molecule has 1 fully saturated rings. The average molecular weight is 276 g/mol. The summed E-state index contributed by atoms with van der Waals surface area (Å²) in [6.07, 6.45) is 0. The van der Waals surface area contributed by atoms with Gasteiger partial charge in [0.25, 0.3) is 5.91 Å². The third-order valence-electron chi connectivity index (χ3n) is 3.10. The summed E-state index contributed by atoms with van der Waals surface area (Å²) in [6.45, 7) is 4.37. The number of carbonyl (C=O) groups is 1. The zero-order valence-corrected chi connectivity index (χ0v) is 11.3. The van der Waals surface area contributed by atoms with Gasteiger partial charge in [-0.3, -0.25) is 4.79 Å². The summed E-state index contributed by atoms with van der Waals surface area (Å²) < 4.78 is 1.63. The first kappa shape index (κ1) is 12.7. The number of carbonyl (C=O) groups excluding carboxylic acids is 1. The number of piperazine rings is 1. The molecule has 1 aromatic rings. The molecule has 1 amide bonds. The summed E-state index contributed by atoms with van der Waals surface area (Å²) in [5, 5.41) is 4.07. The van der Waals surface area contributed by atoms with Crippen LogP contribution < -0.4 is 5.32 Å². The number of nitrogens with one attached hydrogen (secondary N) is 1. The molecule has 0 unspecified atom stereocenters. The van der Waals surface area contributed by atoms with E-state index >= 15 is 0 Å². The van der Waals surface area contributed by atoms with Gasteiger partial charge >= 0.3 is 0 Å². The Balaban J connectivity index is 2.27. The number of halogens is 2.